The number of anilines is 1. The largest absolute Gasteiger partial charge is 0.494 e. The van der Waals surface area contributed by atoms with Crippen molar-refractivity contribution in [3.8, 4) is 11.5 Å². The molecule has 156 valence electrons. The average Bonchev–Trinajstić information content (AvgIpc) is 2.71. The molecular formula is C20H25N3O6. The van der Waals surface area contributed by atoms with Crippen LogP contribution in [0.4, 0.5) is 11.5 Å². The molecule has 1 unspecified atom stereocenters. The Morgan fingerprint density at radius 1 is 1.14 bits per heavy atom. The van der Waals surface area contributed by atoms with Crippen LogP contribution >= 0.6 is 0 Å². The van der Waals surface area contributed by atoms with Gasteiger partial charge in [0.15, 0.2) is 0 Å². The molecule has 9 heteroatoms. The highest BCUT2D eigenvalue weighted by Crippen LogP contribution is 2.24. The van der Waals surface area contributed by atoms with E-state index in [0.29, 0.717) is 42.5 Å². The van der Waals surface area contributed by atoms with Crippen molar-refractivity contribution in [2.24, 2.45) is 0 Å². The summed E-state index contributed by atoms with van der Waals surface area (Å²) in [4.78, 5) is 26.7. The maximum atomic E-state index is 12.5. The zero-order chi connectivity index (χ0) is 21.2. The molecule has 0 bridgehead atoms. The molecule has 29 heavy (non-hydrogen) atoms. The first-order chi connectivity index (χ1) is 14.0. The van der Waals surface area contributed by atoms with Crippen LogP contribution in [0.3, 0.4) is 0 Å². The summed E-state index contributed by atoms with van der Waals surface area (Å²) in [6, 6.07) is 7.63. The van der Waals surface area contributed by atoms with Gasteiger partial charge in [-0.15, -0.1) is 0 Å². The third kappa shape index (κ3) is 6.63. The molecule has 1 aromatic carbocycles. The van der Waals surface area contributed by atoms with Crippen molar-refractivity contribution in [1.29, 1.82) is 0 Å². The van der Waals surface area contributed by atoms with E-state index in [2.05, 4.69) is 10.3 Å². The lowest BCUT2D eigenvalue weighted by molar-refractivity contribution is -0.385. The van der Waals surface area contributed by atoms with Gasteiger partial charge in [-0.25, -0.2) is 9.78 Å². The fraction of sp³-hybridized carbons (Fsp3) is 0.400. The van der Waals surface area contributed by atoms with Crippen molar-refractivity contribution in [2.75, 3.05) is 25.1 Å². The summed E-state index contributed by atoms with van der Waals surface area (Å²) >= 11 is 0. The van der Waals surface area contributed by atoms with E-state index in [4.69, 9.17) is 14.2 Å². The molecule has 1 heterocycles. The highest BCUT2D eigenvalue weighted by molar-refractivity contribution is 5.90. The van der Waals surface area contributed by atoms with Crippen molar-refractivity contribution in [1.82, 2.24) is 4.98 Å². The Morgan fingerprint density at radius 3 is 2.28 bits per heavy atom. The second kappa shape index (κ2) is 10.8. The molecule has 2 aromatic rings. The van der Waals surface area contributed by atoms with E-state index in [0.717, 1.165) is 0 Å². The highest BCUT2D eigenvalue weighted by Gasteiger charge is 2.15. The Labute approximate surface area is 169 Å². The van der Waals surface area contributed by atoms with Gasteiger partial charge >= 0.3 is 5.97 Å². The number of pyridine rings is 1. The molecule has 1 atom stereocenters. The lowest BCUT2D eigenvalue weighted by Crippen LogP contribution is -2.26. The molecule has 1 N–H and O–H groups in total. The number of nitrogens with one attached hydrogen (secondary N) is 1. The number of nitrogens with zero attached hydrogens (tertiary/aromatic N) is 2. The Hall–Kier alpha value is -3.36. The molecule has 2 rings (SSSR count). The predicted octanol–water partition coefficient (Wildman–Crippen LogP) is 3.83. The molecule has 0 fully saturated rings. The summed E-state index contributed by atoms with van der Waals surface area (Å²) in [5.74, 6) is 1.04. The fourth-order valence-electron chi connectivity index (χ4n) is 2.50. The lowest BCUT2D eigenvalue weighted by atomic mass is 10.2. The highest BCUT2D eigenvalue weighted by atomic mass is 16.6. The number of aromatic nitrogens is 1. The van der Waals surface area contributed by atoms with Crippen molar-refractivity contribution in [3.05, 3.63) is 52.2 Å². The summed E-state index contributed by atoms with van der Waals surface area (Å²) in [5, 5.41) is 13.8. The normalized spacial score (nSPS) is 11.4. The molecule has 0 aliphatic carbocycles. The first-order valence-electron chi connectivity index (χ1n) is 9.41. The van der Waals surface area contributed by atoms with Gasteiger partial charge in [0.25, 0.3) is 5.69 Å². The van der Waals surface area contributed by atoms with Gasteiger partial charge in [0.2, 0.25) is 0 Å². The zero-order valence-corrected chi connectivity index (χ0v) is 16.7. The predicted molar refractivity (Wildman–Crippen MR) is 108 cm³/mol. The molecule has 0 saturated heterocycles. The number of rotatable bonds is 11. The Bertz CT molecular complexity index is 801. The first kappa shape index (κ1) is 21.9. The molecule has 0 aliphatic heterocycles. The van der Waals surface area contributed by atoms with Gasteiger partial charge in [-0.1, -0.05) is 6.92 Å². The van der Waals surface area contributed by atoms with Crippen LogP contribution in [0, 0.1) is 10.1 Å². The van der Waals surface area contributed by atoms with Gasteiger partial charge < -0.3 is 19.5 Å². The van der Waals surface area contributed by atoms with Gasteiger partial charge in [0.05, 0.1) is 29.7 Å². The number of hydrogen-bond acceptors (Lipinski definition) is 8. The number of nitro groups is 1. The molecule has 0 spiro atoms. The number of carbonyl (C=O) groups is 1. The van der Waals surface area contributed by atoms with Crippen LogP contribution in [0.5, 0.6) is 11.5 Å². The van der Waals surface area contributed by atoms with E-state index >= 15 is 0 Å². The minimum atomic E-state index is -0.511. The average molecular weight is 403 g/mol. The lowest BCUT2D eigenvalue weighted by Gasteiger charge is -2.18. The van der Waals surface area contributed by atoms with Crippen LogP contribution in [0.1, 0.15) is 37.6 Å². The molecule has 1 aromatic heterocycles. The number of ether oxygens (including phenoxy) is 3. The van der Waals surface area contributed by atoms with E-state index in [-0.39, 0.29) is 18.3 Å². The van der Waals surface area contributed by atoms with E-state index in [1.807, 2.05) is 20.8 Å². The molecule has 0 saturated carbocycles. The summed E-state index contributed by atoms with van der Waals surface area (Å²) in [6.07, 6.45) is 1.84. The first-order valence-corrected chi connectivity index (χ1v) is 9.41. The van der Waals surface area contributed by atoms with E-state index in [9.17, 15) is 14.9 Å². The van der Waals surface area contributed by atoms with Gasteiger partial charge in [-0.3, -0.25) is 10.1 Å². The number of carbonyl (C=O) groups excluding carboxylic acids is 1. The van der Waals surface area contributed by atoms with Crippen LogP contribution in [0.2, 0.25) is 0 Å². The SMILES string of the molecule is CCOc1cc(OCC)cc(C(=O)OCC(CC)Nc2ccc([N+](=O)[O-])cn2)c1. The van der Waals surface area contributed by atoms with Gasteiger partial charge in [0.1, 0.15) is 30.1 Å². The van der Waals surface area contributed by atoms with Gasteiger partial charge in [-0.05, 0) is 38.5 Å². The van der Waals surface area contributed by atoms with E-state index < -0.39 is 10.9 Å². The van der Waals surface area contributed by atoms with Crippen molar-refractivity contribution < 1.29 is 23.9 Å². The minimum Gasteiger partial charge on any atom is -0.494 e. The van der Waals surface area contributed by atoms with Gasteiger partial charge in [-0.2, -0.15) is 0 Å². The zero-order valence-electron chi connectivity index (χ0n) is 16.7. The summed E-state index contributed by atoms with van der Waals surface area (Å²) in [6.45, 7) is 6.68. The van der Waals surface area contributed by atoms with Gasteiger partial charge in [0, 0.05) is 12.1 Å². The molecule has 0 aliphatic rings. The Kier molecular flexibility index (Phi) is 8.20. The van der Waals surface area contributed by atoms with Crippen LogP contribution in [0.25, 0.3) is 0 Å². The smallest absolute Gasteiger partial charge is 0.338 e. The second-order valence-electron chi connectivity index (χ2n) is 6.07. The topological polar surface area (TPSA) is 113 Å². The maximum absolute atomic E-state index is 12.5. The molecule has 0 radical (unpaired) electrons. The molecular weight excluding hydrogens is 378 g/mol. The number of esters is 1. The number of hydrogen-bond donors (Lipinski definition) is 1. The Balaban J connectivity index is 2.01. The monoisotopic (exact) mass is 403 g/mol. The number of benzene rings is 1. The maximum Gasteiger partial charge on any atom is 0.338 e. The standard InChI is InChI=1S/C20H25N3O6/c1-4-15(22-19-8-7-16(12-21-19)23(25)26)13-29-20(24)14-9-17(27-5-2)11-18(10-14)28-6-3/h7-12,15H,4-6,13H2,1-3H3,(H,21,22). The summed E-state index contributed by atoms with van der Waals surface area (Å²) in [5.41, 5.74) is 0.247. The summed E-state index contributed by atoms with van der Waals surface area (Å²) in [7, 11) is 0. The van der Waals surface area contributed by atoms with Crippen molar-refractivity contribution in [3.63, 3.8) is 0 Å². The van der Waals surface area contributed by atoms with Crippen LogP contribution < -0.4 is 14.8 Å². The van der Waals surface area contributed by atoms with Crippen LogP contribution in [-0.4, -0.2) is 41.7 Å². The summed E-state index contributed by atoms with van der Waals surface area (Å²) < 4.78 is 16.4. The third-order valence-electron chi connectivity index (χ3n) is 3.96. The Morgan fingerprint density at radius 2 is 1.79 bits per heavy atom. The quantitative estimate of drug-likeness (QED) is 0.342. The second-order valence-corrected chi connectivity index (χ2v) is 6.07. The van der Waals surface area contributed by atoms with Crippen molar-refractivity contribution in [2.45, 2.75) is 33.2 Å². The minimum absolute atomic E-state index is 0.0886. The third-order valence-corrected chi connectivity index (χ3v) is 3.96. The fourth-order valence-corrected chi connectivity index (χ4v) is 2.50. The van der Waals surface area contributed by atoms with Crippen LogP contribution in [-0.2, 0) is 4.74 Å². The van der Waals surface area contributed by atoms with Crippen LogP contribution in [0.15, 0.2) is 36.5 Å². The van der Waals surface area contributed by atoms with E-state index in [1.165, 1.54) is 18.3 Å². The van der Waals surface area contributed by atoms with E-state index in [1.54, 1.807) is 18.2 Å². The molecule has 0 amide bonds. The molecule has 9 nitrogen and oxygen atoms in total. The van der Waals surface area contributed by atoms with Crippen molar-refractivity contribution >= 4 is 17.5 Å².